The van der Waals surface area contributed by atoms with Crippen LogP contribution in [0.5, 0.6) is 0 Å². The van der Waals surface area contributed by atoms with E-state index in [2.05, 4.69) is 15.6 Å². The molecule has 4 nitrogen and oxygen atoms in total. The summed E-state index contributed by atoms with van der Waals surface area (Å²) in [6, 6.07) is 11.2. The average molecular weight is 390 g/mol. The van der Waals surface area contributed by atoms with Gasteiger partial charge in [0.25, 0.3) is 5.91 Å². The third-order valence-corrected chi connectivity index (χ3v) is 4.91. The van der Waals surface area contributed by atoms with Crippen molar-refractivity contribution in [1.82, 2.24) is 10.6 Å². The van der Waals surface area contributed by atoms with E-state index in [1.807, 2.05) is 37.3 Å². The lowest BCUT2D eigenvalue weighted by Gasteiger charge is -2.10. The van der Waals surface area contributed by atoms with Crippen molar-refractivity contribution in [2.45, 2.75) is 32.9 Å². The molecule has 3 rings (SSSR count). The molecule has 1 aliphatic rings. The van der Waals surface area contributed by atoms with Crippen LogP contribution in [0, 0.1) is 6.92 Å². The van der Waals surface area contributed by atoms with Gasteiger partial charge in [-0.2, -0.15) is 0 Å². The van der Waals surface area contributed by atoms with E-state index in [1.54, 1.807) is 6.07 Å². The van der Waals surface area contributed by atoms with Crippen molar-refractivity contribution in [3.63, 3.8) is 0 Å². The highest BCUT2D eigenvalue weighted by atomic mass is 35.5. The molecule has 1 aliphatic heterocycles. The van der Waals surface area contributed by atoms with Crippen LogP contribution in [0.4, 0.5) is 0 Å². The zero-order valence-corrected chi connectivity index (χ0v) is 16.1. The van der Waals surface area contributed by atoms with E-state index in [4.69, 9.17) is 23.2 Å². The maximum absolute atomic E-state index is 12.5. The molecule has 0 bridgehead atoms. The van der Waals surface area contributed by atoms with E-state index >= 15 is 0 Å². The van der Waals surface area contributed by atoms with Gasteiger partial charge in [-0.3, -0.25) is 9.79 Å². The molecule has 6 heteroatoms. The minimum Gasteiger partial charge on any atom is -0.370 e. The molecular formula is C20H21Cl2N3O. The molecule has 0 spiro atoms. The average Bonchev–Trinajstić information content (AvgIpc) is 3.14. The van der Waals surface area contributed by atoms with Gasteiger partial charge < -0.3 is 10.6 Å². The fraction of sp³-hybridized carbons (Fsp3) is 0.300. The number of aliphatic imine (C=N–C) groups is 1. The number of hydrogen-bond acceptors (Lipinski definition) is 3. The van der Waals surface area contributed by atoms with Crippen LogP contribution >= 0.6 is 23.2 Å². The molecule has 0 fully saturated rings. The first-order valence-electron chi connectivity index (χ1n) is 8.61. The third-order valence-electron chi connectivity index (χ3n) is 4.28. The number of carbonyl (C=O) groups is 1. The smallest absolute Gasteiger partial charge is 0.251 e. The van der Waals surface area contributed by atoms with E-state index in [-0.39, 0.29) is 5.91 Å². The topological polar surface area (TPSA) is 53.5 Å². The van der Waals surface area contributed by atoms with Crippen molar-refractivity contribution < 1.29 is 4.79 Å². The number of rotatable bonds is 5. The molecule has 26 heavy (non-hydrogen) atoms. The second-order valence-corrected chi connectivity index (χ2v) is 7.24. The van der Waals surface area contributed by atoms with Gasteiger partial charge in [-0.25, -0.2) is 0 Å². The van der Waals surface area contributed by atoms with Crippen molar-refractivity contribution in [3.8, 4) is 0 Å². The monoisotopic (exact) mass is 389 g/mol. The Kier molecular flexibility index (Phi) is 6.17. The summed E-state index contributed by atoms with van der Waals surface area (Å²) in [5.74, 6) is 0.857. The molecule has 136 valence electrons. The Morgan fingerprint density at radius 2 is 1.96 bits per heavy atom. The lowest BCUT2D eigenvalue weighted by Crippen LogP contribution is -2.24. The Hall–Kier alpha value is -2.04. The molecule has 0 radical (unpaired) electrons. The zero-order chi connectivity index (χ0) is 18.5. The normalized spacial score (nSPS) is 13.4. The summed E-state index contributed by atoms with van der Waals surface area (Å²) < 4.78 is 0. The van der Waals surface area contributed by atoms with Crippen LogP contribution in [0.3, 0.4) is 0 Å². The van der Waals surface area contributed by atoms with Gasteiger partial charge in [-0.1, -0.05) is 35.3 Å². The number of aryl methyl sites for hydroxylation is 1. The SMILES string of the molecule is Cc1ccc(CNC(=O)c2cc(Cl)cc(CNC3=NCCC3)c2)cc1Cl. The maximum atomic E-state index is 12.5. The highest BCUT2D eigenvalue weighted by molar-refractivity contribution is 6.31. The number of amidine groups is 1. The van der Waals surface area contributed by atoms with Crippen molar-refractivity contribution in [1.29, 1.82) is 0 Å². The summed E-state index contributed by atoms with van der Waals surface area (Å²) >= 11 is 12.3. The number of hydrogen-bond donors (Lipinski definition) is 2. The number of halogens is 2. The van der Waals surface area contributed by atoms with Gasteiger partial charge in [0, 0.05) is 41.7 Å². The number of carbonyl (C=O) groups excluding carboxylic acids is 1. The summed E-state index contributed by atoms with van der Waals surface area (Å²) in [7, 11) is 0. The molecule has 0 aromatic heterocycles. The Balaban J connectivity index is 1.63. The van der Waals surface area contributed by atoms with Crippen molar-refractivity contribution >= 4 is 34.9 Å². The van der Waals surface area contributed by atoms with Crippen molar-refractivity contribution in [2.24, 2.45) is 4.99 Å². The van der Waals surface area contributed by atoms with E-state index in [1.165, 1.54) is 0 Å². The van der Waals surface area contributed by atoms with Crippen molar-refractivity contribution in [2.75, 3.05) is 6.54 Å². The van der Waals surface area contributed by atoms with Crippen LogP contribution < -0.4 is 10.6 Å². The summed E-state index contributed by atoms with van der Waals surface area (Å²) in [6.45, 7) is 3.85. The van der Waals surface area contributed by atoms with Gasteiger partial charge in [0.05, 0.1) is 5.84 Å². The minimum absolute atomic E-state index is 0.163. The van der Waals surface area contributed by atoms with Gasteiger partial charge in [0.1, 0.15) is 0 Å². The molecule has 0 saturated heterocycles. The number of benzene rings is 2. The molecule has 1 amide bonds. The molecular weight excluding hydrogens is 369 g/mol. The predicted molar refractivity (Wildman–Crippen MR) is 107 cm³/mol. The van der Waals surface area contributed by atoms with Gasteiger partial charge in [0.2, 0.25) is 0 Å². The van der Waals surface area contributed by atoms with E-state index in [9.17, 15) is 4.79 Å². The first-order valence-corrected chi connectivity index (χ1v) is 9.37. The van der Waals surface area contributed by atoms with Crippen LogP contribution in [0.2, 0.25) is 10.0 Å². The maximum Gasteiger partial charge on any atom is 0.251 e. The summed E-state index contributed by atoms with van der Waals surface area (Å²) in [5, 5.41) is 7.46. The van der Waals surface area contributed by atoms with Gasteiger partial charge in [-0.15, -0.1) is 0 Å². The Labute approximate surface area is 163 Å². The summed E-state index contributed by atoms with van der Waals surface area (Å²) in [6.07, 6.45) is 2.07. The van der Waals surface area contributed by atoms with Crippen LogP contribution in [0.15, 0.2) is 41.4 Å². The standard InChI is InChI=1S/C20H21Cl2N3O/c1-13-4-5-14(9-18(13)22)11-25-20(26)16-7-15(8-17(21)10-16)12-24-19-3-2-6-23-19/h4-5,7-10H,2-3,6,11-12H2,1H3,(H,23,24)(H,25,26). The molecule has 2 N–H and O–H groups in total. The van der Waals surface area contributed by atoms with Crippen LogP contribution in [-0.4, -0.2) is 18.3 Å². The first-order chi connectivity index (χ1) is 12.5. The van der Waals surface area contributed by atoms with Crippen LogP contribution in [0.25, 0.3) is 0 Å². The lowest BCUT2D eigenvalue weighted by molar-refractivity contribution is 0.0951. The van der Waals surface area contributed by atoms with Gasteiger partial charge in [-0.05, 0) is 54.3 Å². The second kappa shape index (κ2) is 8.56. The Morgan fingerprint density at radius 1 is 1.12 bits per heavy atom. The highest BCUT2D eigenvalue weighted by Gasteiger charge is 2.10. The third kappa shape index (κ3) is 4.99. The predicted octanol–water partition coefficient (Wildman–Crippen LogP) is 4.51. The van der Waals surface area contributed by atoms with E-state index < -0.39 is 0 Å². The highest BCUT2D eigenvalue weighted by Crippen LogP contribution is 2.18. The minimum atomic E-state index is -0.163. The molecule has 0 aliphatic carbocycles. The van der Waals surface area contributed by atoms with Crippen LogP contribution in [-0.2, 0) is 13.1 Å². The summed E-state index contributed by atoms with van der Waals surface area (Å²) in [5.41, 5.74) is 3.47. The molecule has 2 aromatic rings. The Bertz CT molecular complexity index is 849. The van der Waals surface area contributed by atoms with Gasteiger partial charge in [0.15, 0.2) is 0 Å². The van der Waals surface area contributed by atoms with E-state index in [0.717, 1.165) is 41.9 Å². The van der Waals surface area contributed by atoms with Crippen molar-refractivity contribution in [3.05, 3.63) is 68.7 Å². The quantitative estimate of drug-likeness (QED) is 0.789. The first kappa shape index (κ1) is 18.7. The Morgan fingerprint density at radius 3 is 2.69 bits per heavy atom. The molecule has 0 saturated carbocycles. The second-order valence-electron chi connectivity index (χ2n) is 6.40. The van der Waals surface area contributed by atoms with Gasteiger partial charge >= 0.3 is 0 Å². The van der Waals surface area contributed by atoms with E-state index in [0.29, 0.717) is 28.7 Å². The fourth-order valence-electron chi connectivity index (χ4n) is 2.80. The zero-order valence-electron chi connectivity index (χ0n) is 14.6. The summed E-state index contributed by atoms with van der Waals surface area (Å²) in [4.78, 5) is 16.9. The fourth-order valence-corrected chi connectivity index (χ4v) is 3.26. The largest absolute Gasteiger partial charge is 0.370 e. The molecule has 0 unspecified atom stereocenters. The molecule has 1 heterocycles. The molecule has 0 atom stereocenters. The molecule has 2 aromatic carbocycles. The number of amides is 1. The lowest BCUT2D eigenvalue weighted by atomic mass is 10.1. The number of nitrogens with zero attached hydrogens (tertiary/aromatic N) is 1. The van der Waals surface area contributed by atoms with Crippen LogP contribution in [0.1, 0.15) is 39.9 Å². The number of nitrogens with one attached hydrogen (secondary N) is 2.